The van der Waals surface area contributed by atoms with Gasteiger partial charge in [-0.25, -0.2) is 0 Å². The van der Waals surface area contributed by atoms with Crippen molar-refractivity contribution in [3.8, 4) is 5.75 Å². The van der Waals surface area contributed by atoms with Gasteiger partial charge in [0.25, 0.3) is 0 Å². The number of H-pyrrole nitrogens is 1. The summed E-state index contributed by atoms with van der Waals surface area (Å²) in [4.78, 5) is 3.25. The number of ether oxygens (including phenoxy) is 1. The number of benzene rings is 1. The Morgan fingerprint density at radius 3 is 2.50 bits per heavy atom. The summed E-state index contributed by atoms with van der Waals surface area (Å²) < 4.78 is 5.80. The number of nitrogens with one attached hydrogen (secondary N) is 1. The highest BCUT2D eigenvalue weighted by Gasteiger charge is 2.15. The summed E-state index contributed by atoms with van der Waals surface area (Å²) in [5.41, 5.74) is 1.94. The first kappa shape index (κ1) is 11.3. The average Bonchev–Trinajstić information content (AvgIpc) is 2.42. The maximum Gasteiger partial charge on any atom is 0.139 e. The van der Waals surface area contributed by atoms with Crippen molar-refractivity contribution in [3.05, 3.63) is 28.9 Å². The minimum absolute atomic E-state index is 0.233. The van der Waals surface area contributed by atoms with Gasteiger partial charge in [-0.2, -0.15) is 0 Å². The van der Waals surface area contributed by atoms with Crippen molar-refractivity contribution >= 4 is 22.5 Å². The first-order valence-electron chi connectivity index (χ1n) is 5.33. The van der Waals surface area contributed by atoms with Crippen LogP contribution < -0.4 is 4.74 Å². The van der Waals surface area contributed by atoms with Crippen molar-refractivity contribution in [2.45, 2.75) is 33.3 Å². The quantitative estimate of drug-likeness (QED) is 0.786. The van der Waals surface area contributed by atoms with E-state index in [9.17, 15) is 0 Å². The van der Waals surface area contributed by atoms with Gasteiger partial charge in [-0.15, -0.1) is 0 Å². The molecule has 0 saturated carbocycles. The van der Waals surface area contributed by atoms with Crippen LogP contribution in [0.15, 0.2) is 18.2 Å². The summed E-state index contributed by atoms with van der Waals surface area (Å²) in [6.07, 6.45) is 0. The molecule has 16 heavy (non-hydrogen) atoms. The van der Waals surface area contributed by atoms with E-state index < -0.39 is 0 Å². The Morgan fingerprint density at radius 1 is 1.19 bits per heavy atom. The van der Waals surface area contributed by atoms with Gasteiger partial charge in [0.2, 0.25) is 0 Å². The summed E-state index contributed by atoms with van der Waals surface area (Å²) in [5, 5.41) is 1.77. The molecule has 0 atom stereocenters. The third-order valence-electron chi connectivity index (χ3n) is 2.22. The van der Waals surface area contributed by atoms with Gasteiger partial charge in [-0.05, 0) is 45.9 Å². The van der Waals surface area contributed by atoms with Crippen LogP contribution in [-0.2, 0) is 0 Å². The van der Waals surface area contributed by atoms with Gasteiger partial charge < -0.3 is 9.72 Å². The number of aryl methyl sites for hydroxylation is 1. The lowest BCUT2D eigenvalue weighted by molar-refractivity contribution is 0.131. The lowest BCUT2D eigenvalue weighted by atomic mass is 10.2. The first-order chi connectivity index (χ1) is 7.35. The highest BCUT2D eigenvalue weighted by molar-refractivity contribution is 6.32. The maximum atomic E-state index is 6.17. The van der Waals surface area contributed by atoms with Crippen molar-refractivity contribution in [1.82, 2.24) is 4.98 Å². The molecule has 0 aliphatic carbocycles. The highest BCUT2D eigenvalue weighted by Crippen LogP contribution is 2.32. The second-order valence-corrected chi connectivity index (χ2v) is 5.44. The Labute approximate surface area is 101 Å². The van der Waals surface area contributed by atoms with Gasteiger partial charge in [0, 0.05) is 16.6 Å². The molecule has 0 bridgehead atoms. The Hall–Kier alpha value is -1.15. The van der Waals surface area contributed by atoms with Crippen molar-refractivity contribution < 1.29 is 4.74 Å². The third-order valence-corrected chi connectivity index (χ3v) is 2.52. The molecule has 2 rings (SSSR count). The van der Waals surface area contributed by atoms with Gasteiger partial charge >= 0.3 is 0 Å². The van der Waals surface area contributed by atoms with E-state index in [0.717, 1.165) is 22.3 Å². The standard InChI is InChI=1S/C13H16ClNO/c1-8-5-9-6-12(16-13(2,3)4)10(14)7-11(9)15-8/h5-7,15H,1-4H3. The van der Waals surface area contributed by atoms with Gasteiger partial charge in [0.15, 0.2) is 0 Å². The molecule has 0 aliphatic heterocycles. The number of aromatic amines is 1. The molecular weight excluding hydrogens is 222 g/mol. The van der Waals surface area contributed by atoms with Crippen molar-refractivity contribution in [3.63, 3.8) is 0 Å². The summed E-state index contributed by atoms with van der Waals surface area (Å²) in [5.74, 6) is 0.737. The Bertz CT molecular complexity index is 522. The number of aromatic nitrogens is 1. The zero-order valence-electron chi connectivity index (χ0n) is 10.0. The van der Waals surface area contributed by atoms with Crippen molar-refractivity contribution in [2.24, 2.45) is 0 Å². The van der Waals surface area contributed by atoms with E-state index in [1.54, 1.807) is 0 Å². The Balaban J connectivity index is 2.49. The van der Waals surface area contributed by atoms with E-state index in [1.807, 2.05) is 39.8 Å². The summed E-state index contributed by atoms with van der Waals surface area (Å²) >= 11 is 6.17. The second-order valence-electron chi connectivity index (χ2n) is 5.04. The molecular formula is C13H16ClNO. The average molecular weight is 238 g/mol. The lowest BCUT2D eigenvalue weighted by Crippen LogP contribution is -2.23. The van der Waals surface area contributed by atoms with E-state index in [0.29, 0.717) is 5.02 Å². The number of fused-ring (bicyclic) bond motifs is 1. The number of hydrogen-bond acceptors (Lipinski definition) is 1. The molecule has 2 aromatic rings. The van der Waals surface area contributed by atoms with Gasteiger partial charge in [0.1, 0.15) is 11.4 Å². The first-order valence-corrected chi connectivity index (χ1v) is 5.71. The van der Waals surface area contributed by atoms with Crippen LogP contribution in [0.2, 0.25) is 5.02 Å². The zero-order chi connectivity index (χ0) is 11.9. The highest BCUT2D eigenvalue weighted by atomic mass is 35.5. The monoisotopic (exact) mass is 237 g/mol. The molecule has 0 saturated heterocycles. The normalized spacial score (nSPS) is 12.1. The van der Waals surface area contributed by atoms with E-state index in [1.165, 1.54) is 0 Å². The van der Waals surface area contributed by atoms with Crippen molar-refractivity contribution in [1.29, 1.82) is 0 Å². The number of halogens is 1. The predicted octanol–water partition coefficient (Wildman–Crippen LogP) is 4.31. The molecule has 0 fully saturated rings. The van der Waals surface area contributed by atoms with Crippen LogP contribution in [0.25, 0.3) is 10.9 Å². The summed E-state index contributed by atoms with van der Waals surface area (Å²) in [7, 11) is 0. The van der Waals surface area contributed by atoms with Crippen LogP contribution in [0.1, 0.15) is 26.5 Å². The van der Waals surface area contributed by atoms with E-state index in [-0.39, 0.29) is 5.60 Å². The maximum absolute atomic E-state index is 6.17. The zero-order valence-corrected chi connectivity index (χ0v) is 10.8. The molecule has 1 heterocycles. The fourth-order valence-corrected chi connectivity index (χ4v) is 1.89. The van der Waals surface area contributed by atoms with Crippen LogP contribution in [0, 0.1) is 6.92 Å². The third kappa shape index (κ3) is 2.33. The van der Waals surface area contributed by atoms with Crippen LogP contribution in [0.3, 0.4) is 0 Å². The fraction of sp³-hybridized carbons (Fsp3) is 0.385. The molecule has 1 aromatic heterocycles. The molecule has 0 radical (unpaired) electrons. The SMILES string of the molecule is Cc1cc2cc(OC(C)(C)C)c(Cl)cc2[nH]1. The predicted molar refractivity (Wildman–Crippen MR) is 68.4 cm³/mol. The van der Waals surface area contributed by atoms with E-state index in [2.05, 4.69) is 11.1 Å². The minimum Gasteiger partial charge on any atom is -0.487 e. The largest absolute Gasteiger partial charge is 0.487 e. The minimum atomic E-state index is -0.233. The Kier molecular flexibility index (Phi) is 2.62. The number of hydrogen-bond donors (Lipinski definition) is 1. The molecule has 3 heteroatoms. The van der Waals surface area contributed by atoms with Crippen LogP contribution in [0.4, 0.5) is 0 Å². The molecule has 0 spiro atoms. The molecule has 0 unspecified atom stereocenters. The Morgan fingerprint density at radius 2 is 1.88 bits per heavy atom. The van der Waals surface area contributed by atoms with Crippen LogP contribution in [0.5, 0.6) is 5.75 Å². The van der Waals surface area contributed by atoms with Gasteiger partial charge in [-0.1, -0.05) is 11.6 Å². The van der Waals surface area contributed by atoms with Gasteiger partial charge in [0.05, 0.1) is 5.02 Å². The molecule has 0 amide bonds. The smallest absolute Gasteiger partial charge is 0.139 e. The van der Waals surface area contributed by atoms with Crippen molar-refractivity contribution in [2.75, 3.05) is 0 Å². The van der Waals surface area contributed by atoms with Crippen LogP contribution in [-0.4, -0.2) is 10.6 Å². The number of rotatable bonds is 1. The molecule has 2 nitrogen and oxygen atoms in total. The van der Waals surface area contributed by atoms with Gasteiger partial charge in [-0.3, -0.25) is 0 Å². The second kappa shape index (κ2) is 3.70. The topological polar surface area (TPSA) is 25.0 Å². The summed E-state index contributed by atoms with van der Waals surface area (Å²) in [6.45, 7) is 8.06. The molecule has 0 aliphatic rings. The van der Waals surface area contributed by atoms with E-state index >= 15 is 0 Å². The molecule has 1 N–H and O–H groups in total. The fourth-order valence-electron chi connectivity index (χ4n) is 1.69. The summed E-state index contributed by atoms with van der Waals surface area (Å²) in [6, 6.07) is 5.97. The lowest BCUT2D eigenvalue weighted by Gasteiger charge is -2.22. The molecule has 86 valence electrons. The van der Waals surface area contributed by atoms with Crippen LogP contribution >= 0.6 is 11.6 Å². The molecule has 1 aromatic carbocycles. The van der Waals surface area contributed by atoms with E-state index in [4.69, 9.17) is 16.3 Å².